The summed E-state index contributed by atoms with van der Waals surface area (Å²) in [5.41, 5.74) is 0.556. The van der Waals surface area contributed by atoms with Crippen molar-refractivity contribution < 1.29 is 4.79 Å². The summed E-state index contributed by atoms with van der Waals surface area (Å²) in [6.07, 6.45) is 7.66. The van der Waals surface area contributed by atoms with E-state index in [9.17, 15) is 4.79 Å². The third-order valence-electron chi connectivity index (χ3n) is 4.27. The molecule has 1 aliphatic carbocycles. The Morgan fingerprint density at radius 1 is 1.18 bits per heavy atom. The molecule has 2 aromatic rings. The maximum absolute atomic E-state index is 12.2. The SMILES string of the molecule is O=C(NCCCNC1CCCCC1)c1nsc2ccccc12. The first kappa shape index (κ1) is 15.4. The largest absolute Gasteiger partial charge is 0.351 e. The Hall–Kier alpha value is -1.46. The highest BCUT2D eigenvalue weighted by atomic mass is 32.1. The first-order valence-electron chi connectivity index (χ1n) is 8.20. The summed E-state index contributed by atoms with van der Waals surface area (Å²) in [7, 11) is 0. The lowest BCUT2D eigenvalue weighted by atomic mass is 9.95. The molecule has 1 aliphatic rings. The molecule has 3 rings (SSSR count). The molecular weight excluding hydrogens is 294 g/mol. The second kappa shape index (κ2) is 7.70. The molecule has 2 N–H and O–H groups in total. The molecule has 0 aliphatic heterocycles. The zero-order valence-electron chi connectivity index (χ0n) is 12.8. The molecule has 118 valence electrons. The van der Waals surface area contributed by atoms with Crippen molar-refractivity contribution in [3.63, 3.8) is 0 Å². The number of benzene rings is 1. The van der Waals surface area contributed by atoms with E-state index in [1.165, 1.54) is 43.6 Å². The average molecular weight is 317 g/mol. The predicted molar refractivity (Wildman–Crippen MR) is 91.4 cm³/mol. The van der Waals surface area contributed by atoms with Gasteiger partial charge in [-0.05, 0) is 43.4 Å². The second-order valence-electron chi connectivity index (χ2n) is 5.93. The van der Waals surface area contributed by atoms with E-state index in [0.29, 0.717) is 18.3 Å². The van der Waals surface area contributed by atoms with E-state index in [1.54, 1.807) is 0 Å². The number of fused-ring (bicyclic) bond motifs is 1. The minimum absolute atomic E-state index is 0.0601. The van der Waals surface area contributed by atoms with Gasteiger partial charge in [0.1, 0.15) is 5.69 Å². The maximum atomic E-state index is 12.2. The first-order valence-corrected chi connectivity index (χ1v) is 8.98. The summed E-state index contributed by atoms with van der Waals surface area (Å²) in [5, 5.41) is 7.52. The minimum Gasteiger partial charge on any atom is -0.351 e. The maximum Gasteiger partial charge on any atom is 0.271 e. The van der Waals surface area contributed by atoms with Crippen LogP contribution >= 0.6 is 11.5 Å². The Balaban J connectivity index is 1.41. The Kier molecular flexibility index (Phi) is 5.40. The number of hydrogen-bond acceptors (Lipinski definition) is 4. The molecule has 1 saturated carbocycles. The molecule has 1 aromatic carbocycles. The highest BCUT2D eigenvalue weighted by Gasteiger charge is 2.14. The lowest BCUT2D eigenvalue weighted by Gasteiger charge is -2.22. The number of carbonyl (C=O) groups excluding carboxylic acids is 1. The topological polar surface area (TPSA) is 54.0 Å². The lowest BCUT2D eigenvalue weighted by molar-refractivity contribution is 0.0951. The molecule has 22 heavy (non-hydrogen) atoms. The van der Waals surface area contributed by atoms with Crippen molar-refractivity contribution in [2.75, 3.05) is 13.1 Å². The number of nitrogens with zero attached hydrogens (tertiary/aromatic N) is 1. The zero-order chi connectivity index (χ0) is 15.2. The van der Waals surface area contributed by atoms with Gasteiger partial charge in [0.15, 0.2) is 0 Å². The van der Waals surface area contributed by atoms with E-state index in [0.717, 1.165) is 23.1 Å². The Morgan fingerprint density at radius 2 is 2.00 bits per heavy atom. The van der Waals surface area contributed by atoms with Crippen molar-refractivity contribution in [1.29, 1.82) is 0 Å². The molecule has 0 unspecified atom stereocenters. The van der Waals surface area contributed by atoms with Crippen LogP contribution in [0.2, 0.25) is 0 Å². The fourth-order valence-electron chi connectivity index (χ4n) is 3.04. The van der Waals surface area contributed by atoms with Crippen molar-refractivity contribution in [2.24, 2.45) is 0 Å². The Labute approximate surface area is 135 Å². The van der Waals surface area contributed by atoms with E-state index in [4.69, 9.17) is 0 Å². The van der Waals surface area contributed by atoms with Gasteiger partial charge in [-0.2, -0.15) is 4.37 Å². The van der Waals surface area contributed by atoms with Gasteiger partial charge in [0, 0.05) is 18.0 Å². The molecule has 0 spiro atoms. The van der Waals surface area contributed by atoms with Gasteiger partial charge in [-0.15, -0.1) is 0 Å². The number of amides is 1. The minimum atomic E-state index is -0.0601. The van der Waals surface area contributed by atoms with Gasteiger partial charge in [-0.3, -0.25) is 4.79 Å². The number of hydrogen-bond donors (Lipinski definition) is 2. The summed E-state index contributed by atoms with van der Waals surface area (Å²) in [6.45, 7) is 1.67. The molecule has 0 bridgehead atoms. The quantitative estimate of drug-likeness (QED) is 0.804. The van der Waals surface area contributed by atoms with Crippen LogP contribution in [0.3, 0.4) is 0 Å². The van der Waals surface area contributed by atoms with Gasteiger partial charge in [0.25, 0.3) is 5.91 Å². The van der Waals surface area contributed by atoms with Crippen molar-refractivity contribution in [3.8, 4) is 0 Å². The van der Waals surface area contributed by atoms with Crippen LogP contribution in [-0.2, 0) is 0 Å². The Morgan fingerprint density at radius 3 is 2.86 bits per heavy atom. The van der Waals surface area contributed by atoms with E-state index in [2.05, 4.69) is 15.0 Å². The van der Waals surface area contributed by atoms with Crippen LogP contribution in [-0.4, -0.2) is 29.4 Å². The predicted octanol–water partition coefficient (Wildman–Crippen LogP) is 3.34. The van der Waals surface area contributed by atoms with Crippen LogP contribution in [0.15, 0.2) is 24.3 Å². The van der Waals surface area contributed by atoms with E-state index in [-0.39, 0.29) is 5.91 Å². The first-order chi connectivity index (χ1) is 10.8. The Bertz CT molecular complexity index is 619. The van der Waals surface area contributed by atoms with Crippen molar-refractivity contribution in [2.45, 2.75) is 44.6 Å². The molecule has 1 heterocycles. The third-order valence-corrected chi connectivity index (χ3v) is 5.10. The van der Waals surface area contributed by atoms with Gasteiger partial charge in [-0.25, -0.2) is 0 Å². The highest BCUT2D eigenvalue weighted by Crippen LogP contribution is 2.22. The molecule has 1 aromatic heterocycles. The van der Waals surface area contributed by atoms with Crippen LogP contribution in [0, 0.1) is 0 Å². The van der Waals surface area contributed by atoms with Crippen molar-refractivity contribution >= 4 is 27.5 Å². The zero-order valence-corrected chi connectivity index (χ0v) is 13.6. The second-order valence-corrected chi connectivity index (χ2v) is 6.73. The summed E-state index contributed by atoms with van der Waals surface area (Å²) in [6, 6.07) is 8.56. The summed E-state index contributed by atoms with van der Waals surface area (Å²) in [4.78, 5) is 12.2. The number of carbonyl (C=O) groups is 1. The number of nitrogens with one attached hydrogen (secondary N) is 2. The highest BCUT2D eigenvalue weighted by molar-refractivity contribution is 7.13. The van der Waals surface area contributed by atoms with Gasteiger partial charge in [0.2, 0.25) is 0 Å². The van der Waals surface area contributed by atoms with Crippen molar-refractivity contribution in [3.05, 3.63) is 30.0 Å². The normalized spacial score (nSPS) is 16.0. The van der Waals surface area contributed by atoms with Crippen LogP contribution < -0.4 is 10.6 Å². The van der Waals surface area contributed by atoms with Crippen LogP contribution in [0.1, 0.15) is 49.0 Å². The molecule has 0 saturated heterocycles. The van der Waals surface area contributed by atoms with Gasteiger partial charge in [-0.1, -0.05) is 37.5 Å². The molecule has 0 radical (unpaired) electrons. The van der Waals surface area contributed by atoms with Gasteiger partial charge < -0.3 is 10.6 Å². The third kappa shape index (κ3) is 3.84. The van der Waals surface area contributed by atoms with Gasteiger partial charge in [0.05, 0.1) is 4.70 Å². The summed E-state index contributed by atoms with van der Waals surface area (Å²) < 4.78 is 5.34. The molecular formula is C17H23N3OS. The van der Waals surface area contributed by atoms with Gasteiger partial charge >= 0.3 is 0 Å². The fourth-order valence-corrected chi connectivity index (χ4v) is 3.81. The van der Waals surface area contributed by atoms with Crippen molar-refractivity contribution in [1.82, 2.24) is 15.0 Å². The molecule has 5 heteroatoms. The smallest absolute Gasteiger partial charge is 0.271 e. The monoisotopic (exact) mass is 317 g/mol. The van der Waals surface area contributed by atoms with E-state index < -0.39 is 0 Å². The van der Waals surface area contributed by atoms with Crippen LogP contribution in [0.5, 0.6) is 0 Å². The van der Waals surface area contributed by atoms with E-state index in [1.807, 2.05) is 24.3 Å². The standard InChI is InChI=1S/C17H23N3OS/c21-17(16-14-9-4-5-10-15(14)22-20-16)19-12-6-11-18-13-7-2-1-3-8-13/h4-5,9-10,13,18H,1-3,6-8,11-12H2,(H,19,21). The average Bonchev–Trinajstić information content (AvgIpc) is 2.99. The number of rotatable bonds is 6. The molecule has 1 fully saturated rings. The lowest BCUT2D eigenvalue weighted by Crippen LogP contribution is -2.34. The number of aromatic nitrogens is 1. The van der Waals surface area contributed by atoms with Crippen LogP contribution in [0.4, 0.5) is 0 Å². The van der Waals surface area contributed by atoms with E-state index >= 15 is 0 Å². The molecule has 0 atom stereocenters. The fraction of sp³-hybridized carbons (Fsp3) is 0.529. The van der Waals surface area contributed by atoms with Crippen LogP contribution in [0.25, 0.3) is 10.1 Å². The summed E-state index contributed by atoms with van der Waals surface area (Å²) in [5.74, 6) is -0.0601. The molecule has 4 nitrogen and oxygen atoms in total. The molecule has 1 amide bonds. The summed E-state index contributed by atoms with van der Waals surface area (Å²) >= 11 is 1.38.